The highest BCUT2D eigenvalue weighted by molar-refractivity contribution is 7.90. The topological polar surface area (TPSA) is 109 Å². The summed E-state index contributed by atoms with van der Waals surface area (Å²) in [6.45, 7) is 4.55. The Balaban J connectivity index is 1.48. The van der Waals surface area contributed by atoms with Crippen LogP contribution in [0.25, 0.3) is 21.8 Å². The lowest BCUT2D eigenvalue weighted by molar-refractivity contribution is 0.124. The van der Waals surface area contributed by atoms with Gasteiger partial charge in [-0.15, -0.1) is 0 Å². The number of nitrogens with zero attached hydrogens (tertiary/aromatic N) is 3. The molecule has 0 bridgehead atoms. The molecule has 174 valence electrons. The molecule has 3 heterocycles. The number of hydrogen-bond donors (Lipinski definition) is 3. The number of β-amino-alcohol motifs (C(OH)–C–C–N with tert-alkyl or cyclic N) is 1. The minimum absolute atomic E-state index is 0.464. The van der Waals surface area contributed by atoms with Crippen LogP contribution in [0.2, 0.25) is 0 Å². The van der Waals surface area contributed by atoms with E-state index >= 15 is 0 Å². The largest absolute Gasteiger partial charge is 0.376 e. The van der Waals surface area contributed by atoms with Crippen LogP contribution in [0.4, 0.5) is 11.5 Å². The third-order valence-corrected chi connectivity index (χ3v) is 8.05. The van der Waals surface area contributed by atoms with E-state index in [0.29, 0.717) is 24.3 Å². The fourth-order valence-corrected chi connectivity index (χ4v) is 5.11. The van der Waals surface area contributed by atoms with E-state index in [0.717, 1.165) is 34.1 Å². The lowest BCUT2D eigenvalue weighted by atomic mass is 10.0. The highest BCUT2D eigenvalue weighted by atomic mass is 32.2. The van der Waals surface area contributed by atoms with Crippen LogP contribution in [0, 0.1) is 11.8 Å². The number of rotatable bonds is 4. The number of fused-ring (bicyclic) bond motifs is 2. The van der Waals surface area contributed by atoms with Gasteiger partial charge in [0.15, 0.2) is 0 Å². The smallest absolute Gasteiger partial charge is 0.241 e. The Morgan fingerprint density at radius 1 is 1.18 bits per heavy atom. The number of anilines is 2. The van der Waals surface area contributed by atoms with E-state index in [4.69, 9.17) is 0 Å². The maximum atomic E-state index is 12.6. The first-order valence-electron chi connectivity index (χ1n) is 11.1. The zero-order valence-corrected chi connectivity index (χ0v) is 19.7. The average Bonchev–Trinajstić information content (AvgIpc) is 3.44. The summed E-state index contributed by atoms with van der Waals surface area (Å²) in [5.74, 6) is 6.67. The van der Waals surface area contributed by atoms with E-state index in [2.05, 4.69) is 32.4 Å². The van der Waals surface area contributed by atoms with Crippen LogP contribution >= 0.6 is 0 Å². The van der Waals surface area contributed by atoms with Crippen molar-refractivity contribution in [3.05, 3.63) is 60.6 Å². The van der Waals surface area contributed by atoms with Crippen molar-refractivity contribution in [3.63, 3.8) is 0 Å². The second-order valence-electron chi connectivity index (χ2n) is 8.77. The molecule has 3 N–H and O–H groups in total. The van der Waals surface area contributed by atoms with Crippen LogP contribution in [0.15, 0.2) is 55.0 Å². The summed E-state index contributed by atoms with van der Waals surface area (Å²) in [6.07, 6.45) is 3.68. The normalized spacial score (nSPS) is 18.4. The predicted molar refractivity (Wildman–Crippen MR) is 134 cm³/mol. The second-order valence-corrected chi connectivity index (χ2v) is 11.1. The van der Waals surface area contributed by atoms with Crippen molar-refractivity contribution in [1.82, 2.24) is 19.3 Å². The molecule has 5 rings (SSSR count). The van der Waals surface area contributed by atoms with Gasteiger partial charge in [0.05, 0.1) is 16.3 Å². The Morgan fingerprint density at radius 3 is 2.79 bits per heavy atom. The molecule has 1 fully saturated rings. The van der Waals surface area contributed by atoms with Crippen molar-refractivity contribution >= 4 is 43.3 Å². The highest BCUT2D eigenvalue weighted by Crippen LogP contribution is 2.28. The Kier molecular flexibility index (Phi) is 5.52. The monoisotopic (exact) mass is 475 g/mol. The molecule has 9 heteroatoms. The quantitative estimate of drug-likeness (QED) is 0.389. The number of benzene rings is 2. The van der Waals surface area contributed by atoms with E-state index in [9.17, 15) is 13.5 Å². The second kappa shape index (κ2) is 8.40. The zero-order valence-electron chi connectivity index (χ0n) is 18.9. The Hall–Kier alpha value is -3.45. The maximum absolute atomic E-state index is 12.6. The molecule has 2 aromatic carbocycles. The first-order chi connectivity index (χ1) is 16.2. The van der Waals surface area contributed by atoms with Crippen molar-refractivity contribution in [2.24, 2.45) is 0 Å². The van der Waals surface area contributed by atoms with Gasteiger partial charge in [0.25, 0.3) is 0 Å². The summed E-state index contributed by atoms with van der Waals surface area (Å²) in [5, 5.41) is 18.0. The molecule has 1 aliphatic heterocycles. The molecule has 0 aliphatic carbocycles. The predicted octanol–water partition coefficient (Wildman–Crippen LogP) is 2.99. The molecular weight excluding hydrogens is 450 g/mol. The molecule has 1 aliphatic rings. The van der Waals surface area contributed by atoms with Crippen LogP contribution in [-0.4, -0.2) is 51.4 Å². The van der Waals surface area contributed by atoms with Gasteiger partial charge in [-0.2, -0.15) is 0 Å². The third-order valence-electron chi connectivity index (χ3n) is 5.99. The van der Waals surface area contributed by atoms with Gasteiger partial charge in [0, 0.05) is 41.2 Å². The third kappa shape index (κ3) is 4.12. The molecule has 1 unspecified atom stereocenters. The van der Waals surface area contributed by atoms with Gasteiger partial charge in [-0.3, -0.25) is 0 Å². The van der Waals surface area contributed by atoms with Gasteiger partial charge in [-0.05, 0) is 62.9 Å². The summed E-state index contributed by atoms with van der Waals surface area (Å²) < 4.78 is 26.6. The lowest BCUT2D eigenvalue weighted by Crippen LogP contribution is -2.28. The van der Waals surface area contributed by atoms with E-state index in [-0.39, 0.29) is 0 Å². The molecular formula is C25H25N5O3S. The van der Waals surface area contributed by atoms with Gasteiger partial charge in [0.2, 0.25) is 10.0 Å². The van der Waals surface area contributed by atoms with Crippen molar-refractivity contribution in [2.45, 2.75) is 31.1 Å². The molecule has 34 heavy (non-hydrogen) atoms. The van der Waals surface area contributed by atoms with E-state index in [1.54, 1.807) is 32.2 Å². The average molecular weight is 476 g/mol. The molecule has 8 nitrogen and oxygen atoms in total. The Labute approximate surface area is 198 Å². The van der Waals surface area contributed by atoms with Crippen molar-refractivity contribution in [1.29, 1.82) is 0 Å². The minimum Gasteiger partial charge on any atom is -0.376 e. The highest BCUT2D eigenvalue weighted by Gasteiger charge is 2.28. The summed E-state index contributed by atoms with van der Waals surface area (Å²) in [5.41, 5.74) is 1.92. The number of nitrogens with one attached hydrogen (secondary N) is 2. The fourth-order valence-electron chi connectivity index (χ4n) is 3.99. The fraction of sp³-hybridized carbons (Fsp3) is 0.280. The van der Waals surface area contributed by atoms with Gasteiger partial charge in [-0.25, -0.2) is 22.4 Å². The van der Waals surface area contributed by atoms with Crippen LogP contribution < -0.4 is 10.6 Å². The summed E-state index contributed by atoms with van der Waals surface area (Å²) in [7, 11) is -3.44. The first kappa shape index (κ1) is 22.3. The maximum Gasteiger partial charge on any atom is 0.241 e. The SMILES string of the molecule is CC(C)S(=O)(=O)n1ccc2cc(Nc3ncnc4ccc(C#CC5(O)CCNC5)cc34)ccc21. The van der Waals surface area contributed by atoms with Gasteiger partial charge < -0.3 is 15.7 Å². The van der Waals surface area contributed by atoms with Crippen LogP contribution in [0.3, 0.4) is 0 Å². The summed E-state index contributed by atoms with van der Waals surface area (Å²) in [4.78, 5) is 8.76. The summed E-state index contributed by atoms with van der Waals surface area (Å²) >= 11 is 0. The van der Waals surface area contributed by atoms with Gasteiger partial charge in [0.1, 0.15) is 17.7 Å². The van der Waals surface area contributed by atoms with Gasteiger partial charge >= 0.3 is 0 Å². The molecule has 1 saturated heterocycles. The standard InChI is InChI=1S/C25H25N5O3S/c1-17(2)34(32,33)30-12-8-19-14-20(4-6-23(19)30)29-24-21-13-18(3-5-22(21)27-16-28-24)7-9-25(31)10-11-26-15-25/h3-6,8,12-14,16-17,26,31H,10-11,15H2,1-2H3,(H,27,28,29). The van der Waals surface area contributed by atoms with Crippen LogP contribution in [-0.2, 0) is 10.0 Å². The first-order valence-corrected chi connectivity index (χ1v) is 12.6. The zero-order chi connectivity index (χ0) is 23.9. The van der Waals surface area contributed by atoms with E-state index < -0.39 is 20.9 Å². The molecule has 1 atom stereocenters. The van der Waals surface area contributed by atoms with Crippen molar-refractivity contribution < 1.29 is 13.5 Å². The Morgan fingerprint density at radius 2 is 2.03 bits per heavy atom. The molecule has 0 amide bonds. The molecule has 0 radical (unpaired) electrons. The van der Waals surface area contributed by atoms with Gasteiger partial charge in [-0.1, -0.05) is 11.8 Å². The summed E-state index contributed by atoms with van der Waals surface area (Å²) in [6, 6.07) is 12.9. The van der Waals surface area contributed by atoms with Crippen LogP contribution in [0.5, 0.6) is 0 Å². The van der Waals surface area contributed by atoms with E-state index in [1.165, 1.54) is 10.3 Å². The van der Waals surface area contributed by atoms with E-state index in [1.807, 2.05) is 30.3 Å². The van der Waals surface area contributed by atoms with Crippen molar-refractivity contribution in [2.75, 3.05) is 18.4 Å². The lowest BCUT2D eigenvalue weighted by Gasteiger charge is -2.12. The molecule has 2 aromatic heterocycles. The molecule has 0 saturated carbocycles. The number of hydrogen-bond acceptors (Lipinski definition) is 7. The number of aliphatic hydroxyl groups is 1. The van der Waals surface area contributed by atoms with Crippen molar-refractivity contribution in [3.8, 4) is 11.8 Å². The Bertz CT molecular complexity index is 1560. The van der Waals surface area contributed by atoms with Crippen LogP contribution in [0.1, 0.15) is 25.8 Å². The minimum atomic E-state index is -3.44. The molecule has 0 spiro atoms. The number of aromatic nitrogens is 3. The molecule has 4 aromatic rings.